The maximum absolute atomic E-state index is 12.2. The molecule has 0 spiro atoms. The van der Waals surface area contributed by atoms with Gasteiger partial charge in [-0.05, 0) is 31.0 Å². The molecule has 0 amide bonds. The maximum atomic E-state index is 12.2. The summed E-state index contributed by atoms with van der Waals surface area (Å²) in [5.41, 5.74) is 1.74. The number of carbonyl (C=O) groups excluding carboxylic acids is 1. The molecule has 0 N–H and O–H groups in total. The smallest absolute Gasteiger partial charge is 0.187 e. The van der Waals surface area contributed by atoms with Crippen molar-refractivity contribution >= 4 is 27.0 Å². The van der Waals surface area contributed by atoms with Gasteiger partial charge in [0.2, 0.25) is 0 Å². The Morgan fingerprint density at radius 3 is 2.57 bits per heavy atom. The fraction of sp³-hybridized carbons (Fsp3) is 0.312. The predicted molar refractivity (Wildman–Crippen MR) is 86.7 cm³/mol. The van der Waals surface area contributed by atoms with E-state index in [4.69, 9.17) is 0 Å². The summed E-state index contributed by atoms with van der Waals surface area (Å²) in [4.78, 5) is 13.7. The summed E-state index contributed by atoms with van der Waals surface area (Å²) in [5.74, 6) is -0.829. The second kappa shape index (κ2) is 6.54. The van der Waals surface area contributed by atoms with Gasteiger partial charge < -0.3 is 0 Å². The summed E-state index contributed by atoms with van der Waals surface area (Å²) in [6.45, 7) is 3.92. The molecule has 0 saturated carbocycles. The van der Waals surface area contributed by atoms with Crippen molar-refractivity contribution in [2.75, 3.05) is 5.75 Å². The van der Waals surface area contributed by atoms with Crippen LogP contribution in [0.3, 0.4) is 0 Å². The molecular weight excluding hydrogens is 304 g/mol. The first kappa shape index (κ1) is 15.9. The second-order valence-corrected chi connectivity index (χ2v) is 8.30. The number of hydrogen-bond donors (Lipinski definition) is 0. The summed E-state index contributed by atoms with van der Waals surface area (Å²) < 4.78 is 24.3. The van der Waals surface area contributed by atoms with Gasteiger partial charge in [-0.2, -0.15) is 0 Å². The van der Waals surface area contributed by atoms with Gasteiger partial charge >= 0.3 is 0 Å². The van der Waals surface area contributed by atoms with Crippen LogP contribution in [0.2, 0.25) is 0 Å². The van der Waals surface area contributed by atoms with E-state index in [9.17, 15) is 13.2 Å². The van der Waals surface area contributed by atoms with E-state index >= 15 is 0 Å². The summed E-state index contributed by atoms with van der Waals surface area (Å²) in [6, 6.07) is 10.9. The fourth-order valence-corrected chi connectivity index (χ4v) is 4.42. The highest BCUT2D eigenvalue weighted by molar-refractivity contribution is 7.91. The van der Waals surface area contributed by atoms with E-state index in [1.165, 1.54) is 11.3 Å². The summed E-state index contributed by atoms with van der Waals surface area (Å²) in [5, 5.41) is 0. The Labute approximate surface area is 129 Å². The molecule has 1 aromatic carbocycles. The average Bonchev–Trinajstić information content (AvgIpc) is 2.86. The molecule has 2 rings (SSSR count). The lowest BCUT2D eigenvalue weighted by Crippen LogP contribution is -2.17. The largest absolute Gasteiger partial charge is 0.292 e. The van der Waals surface area contributed by atoms with Gasteiger partial charge in [0.05, 0.1) is 10.6 Å². The first-order valence-corrected chi connectivity index (χ1v) is 9.41. The lowest BCUT2D eigenvalue weighted by molar-refractivity contribution is 0.102. The summed E-state index contributed by atoms with van der Waals surface area (Å²) in [6.07, 6.45) is 0.855. The van der Waals surface area contributed by atoms with Gasteiger partial charge in [0.1, 0.15) is 5.75 Å². The number of hydrogen-bond acceptors (Lipinski definition) is 4. The molecule has 0 unspecified atom stereocenters. The Kier molecular flexibility index (Phi) is 4.96. The van der Waals surface area contributed by atoms with Gasteiger partial charge in [0.15, 0.2) is 15.6 Å². The summed E-state index contributed by atoms with van der Waals surface area (Å²) >= 11 is 1.38. The fourth-order valence-electron chi connectivity index (χ4n) is 2.10. The van der Waals surface area contributed by atoms with Gasteiger partial charge in [-0.1, -0.05) is 36.8 Å². The highest BCUT2D eigenvalue weighted by Gasteiger charge is 2.20. The van der Waals surface area contributed by atoms with Crippen molar-refractivity contribution in [1.82, 2.24) is 0 Å². The summed E-state index contributed by atoms with van der Waals surface area (Å²) in [7, 11) is -3.44. The zero-order chi connectivity index (χ0) is 15.5. The van der Waals surface area contributed by atoms with Crippen molar-refractivity contribution in [3.05, 3.63) is 57.3 Å². The quantitative estimate of drug-likeness (QED) is 0.766. The lowest BCUT2D eigenvalue weighted by Gasteiger charge is -2.04. The second-order valence-electron chi connectivity index (χ2n) is 5.06. The van der Waals surface area contributed by atoms with E-state index < -0.39 is 15.6 Å². The van der Waals surface area contributed by atoms with Crippen molar-refractivity contribution in [2.24, 2.45) is 0 Å². The Morgan fingerprint density at radius 2 is 1.95 bits per heavy atom. The van der Waals surface area contributed by atoms with E-state index in [0.29, 0.717) is 4.88 Å². The molecule has 0 radical (unpaired) electrons. The third-order valence-corrected chi connectivity index (χ3v) is 5.85. The number of ketones is 1. The molecule has 5 heteroatoms. The number of rotatable bonds is 6. The highest BCUT2D eigenvalue weighted by Crippen LogP contribution is 2.19. The molecule has 21 heavy (non-hydrogen) atoms. The van der Waals surface area contributed by atoms with E-state index in [0.717, 1.165) is 22.4 Å². The molecule has 0 bridgehead atoms. The molecule has 1 heterocycles. The molecule has 0 aliphatic heterocycles. The van der Waals surface area contributed by atoms with Gasteiger partial charge in [0.25, 0.3) is 0 Å². The van der Waals surface area contributed by atoms with Crippen molar-refractivity contribution in [3.8, 4) is 0 Å². The van der Waals surface area contributed by atoms with Crippen LogP contribution in [0.5, 0.6) is 0 Å². The predicted octanol–water partition coefficient (Wildman–Crippen LogP) is 3.42. The maximum Gasteiger partial charge on any atom is 0.187 e. The Bertz CT molecular complexity index is 742. The normalized spacial score (nSPS) is 11.5. The number of Topliss-reactive ketones (excluding diaryl/α,β-unsaturated/α-hetero) is 1. The zero-order valence-electron chi connectivity index (χ0n) is 12.1. The number of sulfone groups is 1. The van der Waals surface area contributed by atoms with Gasteiger partial charge in [-0.15, -0.1) is 11.3 Å². The minimum Gasteiger partial charge on any atom is -0.292 e. The third-order valence-electron chi connectivity index (χ3n) is 3.11. The van der Waals surface area contributed by atoms with Crippen LogP contribution in [0.25, 0.3) is 0 Å². The minimum absolute atomic E-state index is 0.0908. The first-order valence-electron chi connectivity index (χ1n) is 6.77. The SMILES string of the molecule is CCc1ccc(C(=O)CS(=O)(=O)Cc2cccc(C)c2)s1. The van der Waals surface area contributed by atoms with E-state index in [2.05, 4.69) is 0 Å². The van der Waals surface area contributed by atoms with Crippen LogP contribution in [0.1, 0.15) is 32.6 Å². The Balaban J connectivity index is 2.08. The van der Waals surface area contributed by atoms with E-state index in [-0.39, 0.29) is 11.5 Å². The lowest BCUT2D eigenvalue weighted by atomic mass is 10.2. The molecule has 0 atom stereocenters. The number of benzene rings is 1. The first-order chi connectivity index (χ1) is 9.89. The molecule has 0 saturated heterocycles. The molecule has 0 fully saturated rings. The molecular formula is C16H18O3S2. The average molecular weight is 322 g/mol. The van der Waals surface area contributed by atoms with Crippen LogP contribution < -0.4 is 0 Å². The van der Waals surface area contributed by atoms with Crippen LogP contribution in [0.4, 0.5) is 0 Å². The Morgan fingerprint density at radius 1 is 1.19 bits per heavy atom. The molecule has 0 aliphatic carbocycles. The monoisotopic (exact) mass is 322 g/mol. The zero-order valence-corrected chi connectivity index (χ0v) is 13.8. The number of carbonyl (C=O) groups is 1. The van der Waals surface area contributed by atoms with Crippen LogP contribution in [0.15, 0.2) is 36.4 Å². The molecule has 112 valence electrons. The Hall–Kier alpha value is -1.46. The van der Waals surface area contributed by atoms with Crippen molar-refractivity contribution in [3.63, 3.8) is 0 Å². The van der Waals surface area contributed by atoms with Gasteiger partial charge in [-0.25, -0.2) is 8.42 Å². The third kappa shape index (κ3) is 4.51. The molecule has 0 aliphatic rings. The molecule has 1 aromatic heterocycles. The van der Waals surface area contributed by atoms with Crippen LogP contribution in [0, 0.1) is 6.92 Å². The van der Waals surface area contributed by atoms with Crippen LogP contribution in [-0.2, 0) is 22.0 Å². The van der Waals surface area contributed by atoms with Crippen molar-refractivity contribution in [1.29, 1.82) is 0 Å². The minimum atomic E-state index is -3.44. The van der Waals surface area contributed by atoms with E-state index in [1.807, 2.05) is 38.1 Å². The van der Waals surface area contributed by atoms with Crippen molar-refractivity contribution in [2.45, 2.75) is 26.0 Å². The molecule has 3 nitrogen and oxygen atoms in total. The highest BCUT2D eigenvalue weighted by atomic mass is 32.2. The van der Waals surface area contributed by atoms with Crippen LogP contribution >= 0.6 is 11.3 Å². The number of aryl methyl sites for hydroxylation is 2. The topological polar surface area (TPSA) is 51.2 Å². The number of thiophene rings is 1. The van der Waals surface area contributed by atoms with Gasteiger partial charge in [-0.3, -0.25) is 4.79 Å². The van der Waals surface area contributed by atoms with Gasteiger partial charge in [0, 0.05) is 4.88 Å². The standard InChI is InChI=1S/C16H18O3S2/c1-3-14-7-8-16(20-14)15(17)11-21(18,19)10-13-6-4-5-12(2)9-13/h4-9H,3,10-11H2,1-2H3. The van der Waals surface area contributed by atoms with E-state index in [1.54, 1.807) is 12.1 Å². The molecule has 2 aromatic rings. The van der Waals surface area contributed by atoms with Crippen molar-refractivity contribution < 1.29 is 13.2 Å². The van der Waals surface area contributed by atoms with Crippen LogP contribution in [-0.4, -0.2) is 20.0 Å².